The van der Waals surface area contributed by atoms with Gasteiger partial charge >= 0.3 is 5.97 Å². The molecule has 1 heterocycles. The minimum atomic E-state index is -0.451. The van der Waals surface area contributed by atoms with E-state index in [-0.39, 0.29) is 6.61 Å². The molecule has 0 aliphatic heterocycles. The molecule has 2 rings (SSSR count). The number of para-hydroxylation sites is 1. The van der Waals surface area contributed by atoms with E-state index in [0.29, 0.717) is 16.8 Å². The number of nitrogens with two attached hydrogens (primary N) is 1. The second kappa shape index (κ2) is 4.69. The fourth-order valence-electron chi connectivity index (χ4n) is 1.38. The standard InChI is InChI=1S/C12H12N2O3/c1-8-3-2-4-10(11(8)13)12(15)16-6-9-5-14-17-7-9/h2-5,7H,6,13H2,1H3. The summed E-state index contributed by atoms with van der Waals surface area (Å²) >= 11 is 0. The predicted molar refractivity (Wildman–Crippen MR) is 61.2 cm³/mol. The van der Waals surface area contributed by atoms with E-state index in [1.54, 1.807) is 12.1 Å². The Balaban J connectivity index is 2.07. The van der Waals surface area contributed by atoms with Crippen molar-refractivity contribution >= 4 is 11.7 Å². The number of carbonyl (C=O) groups excluding carboxylic acids is 1. The normalized spacial score (nSPS) is 10.2. The van der Waals surface area contributed by atoms with E-state index in [1.807, 2.05) is 13.0 Å². The number of ether oxygens (including phenoxy) is 1. The van der Waals surface area contributed by atoms with Gasteiger partial charge in [-0.3, -0.25) is 0 Å². The second-order valence-electron chi connectivity index (χ2n) is 3.64. The van der Waals surface area contributed by atoms with Gasteiger partial charge in [0.25, 0.3) is 0 Å². The lowest BCUT2D eigenvalue weighted by Gasteiger charge is -2.07. The van der Waals surface area contributed by atoms with Crippen molar-refractivity contribution in [2.24, 2.45) is 0 Å². The number of hydrogen-bond donors (Lipinski definition) is 1. The summed E-state index contributed by atoms with van der Waals surface area (Å²) < 4.78 is 9.72. The van der Waals surface area contributed by atoms with Gasteiger partial charge < -0.3 is 15.0 Å². The first-order valence-electron chi connectivity index (χ1n) is 5.09. The Labute approximate surface area is 98.2 Å². The zero-order valence-electron chi connectivity index (χ0n) is 9.34. The van der Waals surface area contributed by atoms with E-state index in [0.717, 1.165) is 5.56 Å². The molecule has 0 unspecified atom stereocenters. The molecule has 2 aromatic rings. The molecule has 0 radical (unpaired) electrons. The van der Waals surface area contributed by atoms with E-state index in [1.165, 1.54) is 12.5 Å². The fraction of sp³-hybridized carbons (Fsp3) is 0.167. The van der Waals surface area contributed by atoms with Crippen LogP contribution in [0.1, 0.15) is 21.5 Å². The maximum atomic E-state index is 11.8. The molecule has 5 nitrogen and oxygen atoms in total. The van der Waals surface area contributed by atoms with Crippen LogP contribution in [0.5, 0.6) is 0 Å². The van der Waals surface area contributed by atoms with Gasteiger partial charge in [-0.05, 0) is 18.6 Å². The van der Waals surface area contributed by atoms with Crippen molar-refractivity contribution in [3.05, 3.63) is 47.3 Å². The van der Waals surface area contributed by atoms with E-state index in [4.69, 9.17) is 10.5 Å². The third kappa shape index (κ3) is 2.44. The Bertz CT molecular complexity index is 521. The smallest absolute Gasteiger partial charge is 0.340 e. The van der Waals surface area contributed by atoms with Crippen LogP contribution in [0, 0.1) is 6.92 Å². The van der Waals surface area contributed by atoms with Crippen LogP contribution in [0.4, 0.5) is 5.69 Å². The molecule has 5 heteroatoms. The van der Waals surface area contributed by atoms with Crippen molar-refractivity contribution in [1.82, 2.24) is 5.16 Å². The zero-order valence-corrected chi connectivity index (χ0v) is 9.34. The van der Waals surface area contributed by atoms with Crippen molar-refractivity contribution in [2.45, 2.75) is 13.5 Å². The minimum absolute atomic E-state index is 0.121. The molecule has 88 valence electrons. The van der Waals surface area contributed by atoms with Crippen LogP contribution >= 0.6 is 0 Å². The lowest BCUT2D eigenvalue weighted by Crippen LogP contribution is -2.08. The summed E-state index contributed by atoms with van der Waals surface area (Å²) in [7, 11) is 0. The summed E-state index contributed by atoms with van der Waals surface area (Å²) in [5.41, 5.74) is 8.17. The molecule has 1 aromatic carbocycles. The van der Waals surface area contributed by atoms with E-state index in [9.17, 15) is 4.79 Å². The molecular weight excluding hydrogens is 220 g/mol. The van der Waals surface area contributed by atoms with Gasteiger partial charge in [-0.2, -0.15) is 0 Å². The SMILES string of the molecule is Cc1cccc(C(=O)OCc2cnoc2)c1N. The third-order valence-electron chi connectivity index (χ3n) is 2.40. The average molecular weight is 232 g/mol. The highest BCUT2D eigenvalue weighted by Gasteiger charge is 2.12. The number of esters is 1. The van der Waals surface area contributed by atoms with E-state index in [2.05, 4.69) is 9.68 Å². The Morgan fingerprint density at radius 3 is 3.06 bits per heavy atom. The summed E-state index contributed by atoms with van der Waals surface area (Å²) in [6.45, 7) is 1.96. The summed E-state index contributed by atoms with van der Waals surface area (Å²) in [6, 6.07) is 5.24. The van der Waals surface area contributed by atoms with Gasteiger partial charge in [0.2, 0.25) is 0 Å². The Hall–Kier alpha value is -2.30. The predicted octanol–water partition coefficient (Wildman–Crippen LogP) is 1.92. The van der Waals surface area contributed by atoms with Crippen LogP contribution in [0.25, 0.3) is 0 Å². The molecule has 0 atom stereocenters. The Kier molecular flexibility index (Phi) is 3.09. The Morgan fingerprint density at radius 1 is 1.53 bits per heavy atom. The molecular formula is C12H12N2O3. The number of nitrogens with zero attached hydrogens (tertiary/aromatic N) is 1. The van der Waals surface area contributed by atoms with Crippen LogP contribution in [0.15, 0.2) is 35.2 Å². The van der Waals surface area contributed by atoms with Gasteiger partial charge in [-0.1, -0.05) is 17.3 Å². The van der Waals surface area contributed by atoms with Gasteiger partial charge in [0.1, 0.15) is 12.9 Å². The van der Waals surface area contributed by atoms with Gasteiger partial charge in [-0.25, -0.2) is 4.79 Å². The number of rotatable bonds is 3. The number of aryl methyl sites for hydroxylation is 1. The minimum Gasteiger partial charge on any atom is -0.457 e. The van der Waals surface area contributed by atoms with Gasteiger partial charge in [0.05, 0.1) is 11.8 Å². The number of benzene rings is 1. The van der Waals surface area contributed by atoms with Crippen LogP contribution in [-0.4, -0.2) is 11.1 Å². The number of carbonyl (C=O) groups is 1. The molecule has 0 fully saturated rings. The second-order valence-corrected chi connectivity index (χ2v) is 3.64. The maximum Gasteiger partial charge on any atom is 0.340 e. The molecule has 0 amide bonds. The average Bonchev–Trinajstić information content (AvgIpc) is 2.82. The van der Waals surface area contributed by atoms with Crippen molar-refractivity contribution in [3.63, 3.8) is 0 Å². The number of anilines is 1. The molecule has 0 aliphatic carbocycles. The highest BCUT2D eigenvalue weighted by atomic mass is 16.5. The van der Waals surface area contributed by atoms with Gasteiger partial charge in [0, 0.05) is 11.3 Å². The van der Waals surface area contributed by atoms with Crippen LogP contribution in [0.2, 0.25) is 0 Å². The number of hydrogen-bond acceptors (Lipinski definition) is 5. The molecule has 0 spiro atoms. The van der Waals surface area contributed by atoms with Crippen LogP contribution in [-0.2, 0) is 11.3 Å². The summed E-state index contributed by atoms with van der Waals surface area (Å²) in [5, 5.41) is 3.51. The third-order valence-corrected chi connectivity index (χ3v) is 2.40. The van der Waals surface area contributed by atoms with Crippen molar-refractivity contribution in [3.8, 4) is 0 Å². The fourth-order valence-corrected chi connectivity index (χ4v) is 1.38. The first-order chi connectivity index (χ1) is 8.18. The molecule has 0 saturated heterocycles. The van der Waals surface area contributed by atoms with Crippen LogP contribution in [0.3, 0.4) is 0 Å². The number of aromatic nitrogens is 1. The first kappa shape index (κ1) is 11.2. The Morgan fingerprint density at radius 2 is 2.35 bits per heavy atom. The molecule has 0 bridgehead atoms. The summed E-state index contributed by atoms with van der Waals surface area (Å²) in [5.74, 6) is -0.451. The topological polar surface area (TPSA) is 78.3 Å². The summed E-state index contributed by atoms with van der Waals surface area (Å²) in [6.07, 6.45) is 2.92. The van der Waals surface area contributed by atoms with Gasteiger partial charge in [0.15, 0.2) is 0 Å². The first-order valence-corrected chi connectivity index (χ1v) is 5.09. The van der Waals surface area contributed by atoms with Crippen molar-refractivity contribution < 1.29 is 14.1 Å². The molecule has 17 heavy (non-hydrogen) atoms. The van der Waals surface area contributed by atoms with E-state index < -0.39 is 5.97 Å². The monoisotopic (exact) mass is 232 g/mol. The molecule has 1 aromatic heterocycles. The summed E-state index contributed by atoms with van der Waals surface area (Å²) in [4.78, 5) is 11.8. The highest BCUT2D eigenvalue weighted by Crippen LogP contribution is 2.17. The van der Waals surface area contributed by atoms with Gasteiger partial charge in [-0.15, -0.1) is 0 Å². The molecule has 0 saturated carbocycles. The number of nitrogen functional groups attached to an aromatic ring is 1. The molecule has 0 aliphatic rings. The lowest BCUT2D eigenvalue weighted by atomic mass is 10.1. The zero-order chi connectivity index (χ0) is 12.3. The highest BCUT2D eigenvalue weighted by molar-refractivity contribution is 5.95. The largest absolute Gasteiger partial charge is 0.457 e. The van der Waals surface area contributed by atoms with Crippen molar-refractivity contribution in [1.29, 1.82) is 0 Å². The lowest BCUT2D eigenvalue weighted by molar-refractivity contribution is 0.0473. The van der Waals surface area contributed by atoms with Crippen LogP contribution < -0.4 is 5.73 Å². The maximum absolute atomic E-state index is 11.8. The quantitative estimate of drug-likeness (QED) is 0.646. The van der Waals surface area contributed by atoms with Crippen molar-refractivity contribution in [2.75, 3.05) is 5.73 Å². The molecule has 2 N–H and O–H groups in total. The van der Waals surface area contributed by atoms with E-state index >= 15 is 0 Å².